The largest absolute Gasteiger partial charge is 0.379 e. The molecule has 6 heteroatoms. The van der Waals surface area contributed by atoms with Crippen LogP contribution in [-0.2, 0) is 4.74 Å². The lowest BCUT2D eigenvalue weighted by molar-refractivity contribution is -0.0123. The molecule has 126 valence electrons. The van der Waals surface area contributed by atoms with E-state index in [-0.39, 0.29) is 11.6 Å². The zero-order valence-corrected chi connectivity index (χ0v) is 14.5. The molecule has 2 saturated heterocycles. The van der Waals surface area contributed by atoms with Gasteiger partial charge in [-0.2, -0.15) is 11.8 Å². The van der Waals surface area contributed by atoms with Crippen molar-refractivity contribution in [3.05, 3.63) is 29.8 Å². The van der Waals surface area contributed by atoms with Crippen molar-refractivity contribution in [1.82, 2.24) is 10.2 Å². The van der Waals surface area contributed by atoms with Gasteiger partial charge in [-0.3, -0.25) is 4.90 Å². The van der Waals surface area contributed by atoms with Crippen LogP contribution < -0.4 is 10.6 Å². The molecule has 0 radical (unpaired) electrons. The molecule has 2 aliphatic heterocycles. The molecule has 2 fully saturated rings. The molecule has 23 heavy (non-hydrogen) atoms. The fourth-order valence-corrected chi connectivity index (χ4v) is 4.76. The highest BCUT2D eigenvalue weighted by Crippen LogP contribution is 2.33. The van der Waals surface area contributed by atoms with Gasteiger partial charge in [-0.25, -0.2) is 4.79 Å². The maximum atomic E-state index is 12.2. The fourth-order valence-electron chi connectivity index (χ4n) is 3.28. The fraction of sp³-hybridized carbons (Fsp3) is 0.588. The third kappa shape index (κ3) is 4.19. The monoisotopic (exact) mass is 335 g/mol. The van der Waals surface area contributed by atoms with Crippen molar-refractivity contribution in [3.63, 3.8) is 0 Å². The van der Waals surface area contributed by atoms with Gasteiger partial charge in [0, 0.05) is 36.6 Å². The van der Waals surface area contributed by atoms with Crippen molar-refractivity contribution >= 4 is 23.5 Å². The standard InChI is InChI=1S/C17H25N3O2S/c1-14-3-2-4-15(11-14)19-16(21)18-12-17(5-10-23-13-17)20-6-8-22-9-7-20/h2-4,11H,5-10,12-13H2,1H3,(H2,18,19,21)/t17-/m0/s1. The van der Waals surface area contributed by atoms with Crippen molar-refractivity contribution in [2.24, 2.45) is 0 Å². The molecule has 5 nitrogen and oxygen atoms in total. The molecule has 0 aliphatic carbocycles. The summed E-state index contributed by atoms with van der Waals surface area (Å²) >= 11 is 1.98. The zero-order chi connectivity index (χ0) is 16.1. The van der Waals surface area contributed by atoms with Crippen LogP contribution in [0.25, 0.3) is 0 Å². The molecule has 2 amide bonds. The second-order valence-electron chi connectivity index (χ2n) is 6.30. The quantitative estimate of drug-likeness (QED) is 0.887. The number of amides is 2. The van der Waals surface area contributed by atoms with E-state index in [0.29, 0.717) is 6.54 Å². The van der Waals surface area contributed by atoms with E-state index in [9.17, 15) is 4.79 Å². The summed E-state index contributed by atoms with van der Waals surface area (Å²) in [4.78, 5) is 14.7. The third-order valence-electron chi connectivity index (χ3n) is 4.62. The Balaban J connectivity index is 1.57. The van der Waals surface area contributed by atoms with E-state index in [1.807, 2.05) is 43.0 Å². The topological polar surface area (TPSA) is 53.6 Å². The molecule has 2 aliphatic rings. The van der Waals surface area contributed by atoms with Gasteiger partial charge in [0.05, 0.1) is 13.2 Å². The Kier molecular flexibility index (Phi) is 5.46. The van der Waals surface area contributed by atoms with Crippen LogP contribution in [0.3, 0.4) is 0 Å². The minimum atomic E-state index is -0.125. The predicted molar refractivity (Wildman–Crippen MR) is 95.3 cm³/mol. The number of thioether (sulfide) groups is 1. The summed E-state index contributed by atoms with van der Waals surface area (Å²) < 4.78 is 5.47. The van der Waals surface area contributed by atoms with Gasteiger partial charge in [0.1, 0.15) is 0 Å². The molecule has 2 heterocycles. The molecule has 0 saturated carbocycles. The van der Waals surface area contributed by atoms with Crippen molar-refractivity contribution in [1.29, 1.82) is 0 Å². The first-order valence-electron chi connectivity index (χ1n) is 8.20. The van der Waals surface area contributed by atoms with E-state index in [2.05, 4.69) is 15.5 Å². The van der Waals surface area contributed by atoms with Gasteiger partial charge in [-0.1, -0.05) is 12.1 Å². The van der Waals surface area contributed by atoms with E-state index in [4.69, 9.17) is 4.74 Å². The molecule has 0 spiro atoms. The number of rotatable bonds is 4. The van der Waals surface area contributed by atoms with Crippen molar-refractivity contribution < 1.29 is 9.53 Å². The average molecular weight is 335 g/mol. The molecule has 0 aromatic heterocycles. The highest BCUT2D eigenvalue weighted by Gasteiger charge is 2.40. The molecular weight excluding hydrogens is 310 g/mol. The molecule has 2 N–H and O–H groups in total. The van der Waals surface area contributed by atoms with E-state index in [1.54, 1.807) is 0 Å². The van der Waals surface area contributed by atoms with Gasteiger partial charge >= 0.3 is 6.03 Å². The number of urea groups is 1. The number of nitrogens with one attached hydrogen (secondary N) is 2. The van der Waals surface area contributed by atoms with Crippen LogP contribution >= 0.6 is 11.8 Å². The molecule has 1 aromatic rings. The van der Waals surface area contributed by atoms with Gasteiger partial charge in [-0.15, -0.1) is 0 Å². The van der Waals surface area contributed by atoms with Crippen molar-refractivity contribution in [2.75, 3.05) is 49.7 Å². The summed E-state index contributed by atoms with van der Waals surface area (Å²) in [6.45, 7) is 6.22. The number of benzene rings is 1. The van der Waals surface area contributed by atoms with Gasteiger partial charge in [0.15, 0.2) is 0 Å². The Morgan fingerprint density at radius 3 is 2.91 bits per heavy atom. The van der Waals surface area contributed by atoms with Crippen LogP contribution in [0.4, 0.5) is 10.5 Å². The molecule has 3 rings (SSSR count). The zero-order valence-electron chi connectivity index (χ0n) is 13.6. The van der Waals surface area contributed by atoms with Crippen LogP contribution in [-0.4, -0.2) is 60.8 Å². The van der Waals surface area contributed by atoms with E-state index in [0.717, 1.165) is 49.7 Å². The Morgan fingerprint density at radius 2 is 2.22 bits per heavy atom. The van der Waals surface area contributed by atoms with E-state index < -0.39 is 0 Å². The minimum Gasteiger partial charge on any atom is -0.379 e. The van der Waals surface area contributed by atoms with Crippen LogP contribution in [0, 0.1) is 6.92 Å². The summed E-state index contributed by atoms with van der Waals surface area (Å²) in [5.41, 5.74) is 2.06. The highest BCUT2D eigenvalue weighted by atomic mass is 32.2. The minimum absolute atomic E-state index is 0.0817. The Bertz CT molecular complexity index is 540. The summed E-state index contributed by atoms with van der Waals surface area (Å²) in [5.74, 6) is 2.25. The summed E-state index contributed by atoms with van der Waals surface area (Å²) in [6.07, 6.45) is 1.13. The lowest BCUT2D eigenvalue weighted by atomic mass is 9.95. The number of ether oxygens (including phenoxy) is 1. The van der Waals surface area contributed by atoms with Crippen LogP contribution in [0.1, 0.15) is 12.0 Å². The van der Waals surface area contributed by atoms with Gasteiger partial charge in [0.25, 0.3) is 0 Å². The number of nitrogens with zero attached hydrogens (tertiary/aromatic N) is 1. The number of hydrogen-bond donors (Lipinski definition) is 2. The highest BCUT2D eigenvalue weighted by molar-refractivity contribution is 7.99. The first-order valence-corrected chi connectivity index (χ1v) is 9.36. The Hall–Kier alpha value is -1.24. The summed E-state index contributed by atoms with van der Waals surface area (Å²) in [6, 6.07) is 7.73. The Labute approximate surface area is 142 Å². The number of morpholine rings is 1. The second kappa shape index (κ2) is 7.55. The number of carbonyl (C=O) groups excluding carboxylic acids is 1. The number of anilines is 1. The van der Waals surface area contributed by atoms with Crippen LogP contribution in [0.2, 0.25) is 0 Å². The maximum absolute atomic E-state index is 12.2. The first kappa shape index (κ1) is 16.6. The maximum Gasteiger partial charge on any atom is 0.319 e. The lowest BCUT2D eigenvalue weighted by Gasteiger charge is -2.43. The SMILES string of the molecule is Cc1cccc(NC(=O)NC[C@@]2(N3CCOCC3)CCSC2)c1. The predicted octanol–water partition coefficient (Wildman–Crippen LogP) is 2.32. The van der Waals surface area contributed by atoms with Gasteiger partial charge in [-0.05, 0) is 36.8 Å². The molecule has 0 unspecified atom stereocenters. The lowest BCUT2D eigenvalue weighted by Crippen LogP contribution is -2.59. The van der Waals surface area contributed by atoms with E-state index >= 15 is 0 Å². The summed E-state index contributed by atoms with van der Waals surface area (Å²) in [7, 11) is 0. The number of carbonyl (C=O) groups is 1. The van der Waals surface area contributed by atoms with Crippen LogP contribution in [0.5, 0.6) is 0 Å². The number of hydrogen-bond acceptors (Lipinski definition) is 4. The summed E-state index contributed by atoms with van der Waals surface area (Å²) in [5, 5.41) is 6.01. The van der Waals surface area contributed by atoms with Gasteiger partial charge in [0.2, 0.25) is 0 Å². The smallest absolute Gasteiger partial charge is 0.319 e. The molecular formula is C17H25N3O2S. The van der Waals surface area contributed by atoms with Gasteiger partial charge < -0.3 is 15.4 Å². The second-order valence-corrected chi connectivity index (χ2v) is 7.41. The van der Waals surface area contributed by atoms with Crippen LogP contribution in [0.15, 0.2) is 24.3 Å². The molecule has 0 bridgehead atoms. The normalized spacial score (nSPS) is 25.3. The average Bonchev–Trinajstić information content (AvgIpc) is 3.04. The van der Waals surface area contributed by atoms with Crippen molar-refractivity contribution in [2.45, 2.75) is 18.9 Å². The van der Waals surface area contributed by atoms with E-state index in [1.165, 1.54) is 5.75 Å². The molecule has 1 atom stereocenters. The first-order chi connectivity index (χ1) is 11.2. The molecule has 1 aromatic carbocycles. The number of aryl methyl sites for hydroxylation is 1. The Morgan fingerprint density at radius 1 is 1.39 bits per heavy atom. The third-order valence-corrected chi connectivity index (χ3v) is 5.85. The van der Waals surface area contributed by atoms with Crippen molar-refractivity contribution in [3.8, 4) is 0 Å².